The maximum atomic E-state index is 13.4. The molecule has 0 bridgehead atoms. The van der Waals surface area contributed by atoms with Gasteiger partial charge in [-0.2, -0.15) is 0 Å². The van der Waals surface area contributed by atoms with Gasteiger partial charge in [-0.1, -0.05) is 6.07 Å². The van der Waals surface area contributed by atoms with E-state index in [1.54, 1.807) is 35.4 Å². The molecule has 2 aliphatic rings. The zero-order chi connectivity index (χ0) is 30.2. The number of thiazole rings is 1. The lowest BCUT2D eigenvalue weighted by molar-refractivity contribution is -0.135. The Morgan fingerprint density at radius 1 is 1.12 bits per heavy atom. The number of imide groups is 1. The molecule has 1 unspecified atom stereocenters. The van der Waals surface area contributed by atoms with Crippen LogP contribution in [-0.2, 0) is 20.7 Å². The van der Waals surface area contributed by atoms with Crippen LogP contribution in [0.15, 0.2) is 28.4 Å². The number of carbonyl (C=O) groups excluding carboxylic acids is 4. The summed E-state index contributed by atoms with van der Waals surface area (Å²) in [6, 6.07) is 4.07. The average Bonchev–Trinajstić information content (AvgIpc) is 3.38. The Kier molecular flexibility index (Phi) is 8.13. The van der Waals surface area contributed by atoms with E-state index in [9.17, 15) is 24.0 Å². The third kappa shape index (κ3) is 6.35. The minimum atomic E-state index is -0.830. The van der Waals surface area contributed by atoms with Crippen molar-refractivity contribution in [3.05, 3.63) is 50.5 Å². The molecule has 0 radical (unpaired) electrons. The van der Waals surface area contributed by atoms with E-state index in [0.717, 1.165) is 24.3 Å². The molecule has 222 valence electrons. The molecule has 12 nitrogen and oxygen atoms in total. The number of para-hydroxylation sites is 1. The highest BCUT2D eigenvalue weighted by Gasteiger charge is 2.31. The maximum Gasteiger partial charge on any atom is 0.410 e. The predicted molar refractivity (Wildman–Crippen MR) is 156 cm³/mol. The van der Waals surface area contributed by atoms with Gasteiger partial charge in [-0.15, -0.1) is 11.3 Å². The molecule has 42 heavy (non-hydrogen) atoms. The number of amides is 4. The second kappa shape index (κ2) is 11.6. The van der Waals surface area contributed by atoms with E-state index in [4.69, 9.17) is 4.74 Å². The van der Waals surface area contributed by atoms with Crippen LogP contribution in [0.5, 0.6) is 0 Å². The number of aromatic nitrogens is 3. The van der Waals surface area contributed by atoms with Crippen molar-refractivity contribution in [2.75, 3.05) is 18.4 Å². The second-order valence-corrected chi connectivity index (χ2v) is 12.6. The summed E-state index contributed by atoms with van der Waals surface area (Å²) in [6.45, 7) is 8.42. The Labute approximate surface area is 246 Å². The van der Waals surface area contributed by atoms with Crippen LogP contribution in [-0.4, -0.2) is 61.9 Å². The molecule has 2 aromatic heterocycles. The molecule has 0 saturated carbocycles. The number of nitrogens with one attached hydrogen (secondary N) is 2. The highest BCUT2D eigenvalue weighted by Crippen LogP contribution is 2.26. The molecule has 0 spiro atoms. The van der Waals surface area contributed by atoms with Crippen LogP contribution in [0.1, 0.15) is 73.8 Å². The molecule has 0 aliphatic carbocycles. The maximum absolute atomic E-state index is 13.4. The molecule has 4 heterocycles. The van der Waals surface area contributed by atoms with Gasteiger partial charge in [0, 0.05) is 31.3 Å². The average molecular weight is 595 g/mol. The van der Waals surface area contributed by atoms with E-state index in [0.29, 0.717) is 36.0 Å². The molecule has 2 N–H and O–H groups in total. The second-order valence-electron chi connectivity index (χ2n) is 11.7. The molecular weight excluding hydrogens is 560 g/mol. The first-order chi connectivity index (χ1) is 19.9. The number of carbonyl (C=O) groups is 4. The molecule has 1 aromatic carbocycles. The number of benzene rings is 1. The summed E-state index contributed by atoms with van der Waals surface area (Å²) in [5.41, 5.74) is -0.00773. The first-order valence-corrected chi connectivity index (χ1v) is 14.9. The largest absolute Gasteiger partial charge is 0.444 e. The highest BCUT2D eigenvalue weighted by atomic mass is 32.1. The van der Waals surface area contributed by atoms with E-state index >= 15 is 0 Å². The number of anilines is 1. The smallest absolute Gasteiger partial charge is 0.410 e. The molecule has 13 heteroatoms. The van der Waals surface area contributed by atoms with Gasteiger partial charge in [-0.05, 0) is 65.0 Å². The van der Waals surface area contributed by atoms with Gasteiger partial charge in [0.15, 0.2) is 0 Å². The Morgan fingerprint density at radius 2 is 1.86 bits per heavy atom. The number of piperidine rings is 2. The lowest BCUT2D eigenvalue weighted by Gasteiger charge is -2.33. The molecule has 1 atom stereocenters. The lowest BCUT2D eigenvalue weighted by Crippen LogP contribution is -2.45. The highest BCUT2D eigenvalue weighted by molar-refractivity contribution is 7.09. The molecule has 4 amide bonds. The molecular formula is C29H34N6O6S. The van der Waals surface area contributed by atoms with Gasteiger partial charge in [-0.3, -0.25) is 29.1 Å². The molecule has 5 rings (SSSR count). The monoisotopic (exact) mass is 594 g/mol. The van der Waals surface area contributed by atoms with E-state index < -0.39 is 29.0 Å². The van der Waals surface area contributed by atoms with Crippen molar-refractivity contribution in [3.63, 3.8) is 0 Å². The fourth-order valence-corrected chi connectivity index (χ4v) is 6.20. The van der Waals surface area contributed by atoms with Crippen LogP contribution >= 0.6 is 11.3 Å². The zero-order valence-corrected chi connectivity index (χ0v) is 24.9. The normalized spacial score (nSPS) is 18.2. The first kappa shape index (κ1) is 29.4. The van der Waals surface area contributed by atoms with Gasteiger partial charge >= 0.3 is 6.09 Å². The van der Waals surface area contributed by atoms with Crippen LogP contribution < -0.4 is 16.2 Å². The number of fused-ring (bicyclic) bond motifs is 1. The standard InChI is InChI=1S/C29H34N6O6S/c1-16-30-24-18(27(39)35(16)21-8-9-22(36)33-26(21)38)6-5-7-19(24)32-25(37)20-15-42-23(31-20)14-17-10-12-34(13-11-17)28(40)41-29(2,3)4/h5-7,15,17,21H,8-14H2,1-4H3,(H,32,37)(H,33,36,38). The van der Waals surface area contributed by atoms with Gasteiger partial charge in [0.05, 0.1) is 16.1 Å². The Hall–Kier alpha value is -4.13. The Morgan fingerprint density at radius 3 is 2.55 bits per heavy atom. The topological polar surface area (TPSA) is 153 Å². The van der Waals surface area contributed by atoms with Crippen molar-refractivity contribution >= 4 is 51.7 Å². The zero-order valence-electron chi connectivity index (χ0n) is 24.1. The van der Waals surface area contributed by atoms with E-state index in [1.807, 2.05) is 20.8 Å². The summed E-state index contributed by atoms with van der Waals surface area (Å²) in [5, 5.41) is 7.91. The van der Waals surface area contributed by atoms with Crippen molar-refractivity contribution in [1.82, 2.24) is 24.8 Å². The molecule has 3 aromatic rings. The third-order valence-electron chi connectivity index (χ3n) is 7.39. The first-order valence-electron chi connectivity index (χ1n) is 14.0. The number of likely N-dealkylation sites (tertiary alicyclic amines) is 1. The van der Waals surface area contributed by atoms with Crippen LogP contribution in [0, 0.1) is 12.8 Å². The van der Waals surface area contributed by atoms with Gasteiger partial charge in [0.2, 0.25) is 11.8 Å². The third-order valence-corrected chi connectivity index (χ3v) is 8.26. The van der Waals surface area contributed by atoms with Crippen molar-refractivity contribution in [1.29, 1.82) is 0 Å². The van der Waals surface area contributed by atoms with Gasteiger partial charge < -0.3 is 15.0 Å². The van der Waals surface area contributed by atoms with E-state index in [1.165, 1.54) is 15.9 Å². The fourth-order valence-electron chi connectivity index (χ4n) is 5.31. The van der Waals surface area contributed by atoms with Crippen LogP contribution in [0.25, 0.3) is 10.9 Å². The number of aryl methyl sites for hydroxylation is 1. The molecule has 2 aliphatic heterocycles. The Bertz CT molecular complexity index is 1610. The van der Waals surface area contributed by atoms with Crippen LogP contribution in [0.3, 0.4) is 0 Å². The van der Waals surface area contributed by atoms with Crippen LogP contribution in [0.2, 0.25) is 0 Å². The number of hydrogen-bond donors (Lipinski definition) is 2. The van der Waals surface area contributed by atoms with Crippen molar-refractivity contribution < 1.29 is 23.9 Å². The number of nitrogens with zero attached hydrogens (tertiary/aromatic N) is 4. The minimum Gasteiger partial charge on any atom is -0.444 e. The summed E-state index contributed by atoms with van der Waals surface area (Å²) >= 11 is 1.42. The summed E-state index contributed by atoms with van der Waals surface area (Å²) in [5.74, 6) is -0.664. The van der Waals surface area contributed by atoms with Crippen molar-refractivity contribution in [2.24, 2.45) is 5.92 Å². The Balaban J connectivity index is 1.25. The van der Waals surface area contributed by atoms with Crippen LogP contribution in [0.4, 0.5) is 10.5 Å². The summed E-state index contributed by atoms with van der Waals surface area (Å²) in [6.07, 6.45) is 2.44. The SMILES string of the molecule is Cc1nc2c(NC(=O)c3csc(CC4CCN(C(=O)OC(C)(C)C)CC4)n3)cccc2c(=O)n1C1CCC(=O)NC1=O. The van der Waals surface area contributed by atoms with E-state index in [-0.39, 0.29) is 35.9 Å². The fraction of sp³-hybridized carbons (Fsp3) is 0.483. The van der Waals surface area contributed by atoms with Crippen molar-refractivity contribution in [3.8, 4) is 0 Å². The quantitative estimate of drug-likeness (QED) is 0.425. The minimum absolute atomic E-state index is 0.136. The number of rotatable bonds is 5. The van der Waals surface area contributed by atoms with Gasteiger partial charge in [0.25, 0.3) is 11.5 Å². The van der Waals surface area contributed by atoms with Gasteiger partial charge in [-0.25, -0.2) is 14.8 Å². The predicted octanol–water partition coefficient (Wildman–Crippen LogP) is 3.58. The van der Waals surface area contributed by atoms with Crippen molar-refractivity contribution in [2.45, 2.75) is 71.4 Å². The number of hydrogen-bond acceptors (Lipinski definition) is 9. The summed E-state index contributed by atoms with van der Waals surface area (Å²) in [4.78, 5) is 73.7. The summed E-state index contributed by atoms with van der Waals surface area (Å²) in [7, 11) is 0. The van der Waals surface area contributed by atoms with E-state index in [2.05, 4.69) is 20.6 Å². The molecule has 2 saturated heterocycles. The van der Waals surface area contributed by atoms with Gasteiger partial charge in [0.1, 0.15) is 28.7 Å². The number of ether oxygens (including phenoxy) is 1. The lowest BCUT2D eigenvalue weighted by atomic mass is 9.94. The molecule has 2 fully saturated rings. The summed E-state index contributed by atoms with van der Waals surface area (Å²) < 4.78 is 6.78.